The number of thiophene rings is 1. The molecule has 8 heteroatoms. The SMILES string of the molecule is O=C(CN1C(=O)C(=O)N(Cc2ccccc2)C1=O)N[C@H](c1ccccc1)c1cccs1. The normalized spacial score (nSPS) is 14.8. The number of carbonyl (C=O) groups excluding carboxylic acids is 4. The molecule has 2 heterocycles. The van der Waals surface area contributed by atoms with E-state index >= 15 is 0 Å². The van der Waals surface area contributed by atoms with Gasteiger partial charge in [-0.15, -0.1) is 11.3 Å². The summed E-state index contributed by atoms with van der Waals surface area (Å²) in [6, 6.07) is 20.9. The maximum atomic E-state index is 12.8. The minimum Gasteiger partial charge on any atom is -0.343 e. The van der Waals surface area contributed by atoms with Gasteiger partial charge in [-0.3, -0.25) is 19.3 Å². The van der Waals surface area contributed by atoms with Gasteiger partial charge >= 0.3 is 17.8 Å². The molecule has 0 saturated carbocycles. The average molecular weight is 433 g/mol. The largest absolute Gasteiger partial charge is 0.343 e. The third kappa shape index (κ3) is 4.39. The van der Waals surface area contributed by atoms with Crippen molar-refractivity contribution in [3.8, 4) is 0 Å². The van der Waals surface area contributed by atoms with Gasteiger partial charge < -0.3 is 5.32 Å². The molecule has 1 aromatic heterocycles. The van der Waals surface area contributed by atoms with Crippen LogP contribution in [0.15, 0.2) is 78.2 Å². The Kier molecular flexibility index (Phi) is 5.90. The van der Waals surface area contributed by atoms with E-state index in [4.69, 9.17) is 0 Å². The fourth-order valence-corrected chi connectivity index (χ4v) is 4.17. The minimum atomic E-state index is -0.997. The molecule has 5 amide bonds. The fraction of sp³-hybridized carbons (Fsp3) is 0.130. The lowest BCUT2D eigenvalue weighted by atomic mass is 10.1. The maximum Gasteiger partial charge on any atom is 0.335 e. The number of hydrogen-bond donors (Lipinski definition) is 1. The molecule has 1 aliphatic rings. The number of benzene rings is 2. The van der Waals surface area contributed by atoms with Crippen LogP contribution in [-0.4, -0.2) is 40.1 Å². The Bertz CT molecular complexity index is 1100. The summed E-state index contributed by atoms with van der Waals surface area (Å²) in [6.07, 6.45) is 0. The van der Waals surface area contributed by atoms with Crippen LogP contribution < -0.4 is 5.32 Å². The first kappa shape index (κ1) is 20.5. The van der Waals surface area contributed by atoms with Crippen molar-refractivity contribution in [3.05, 3.63) is 94.2 Å². The first-order valence-electron chi connectivity index (χ1n) is 9.63. The van der Waals surface area contributed by atoms with Gasteiger partial charge in [0.15, 0.2) is 0 Å². The van der Waals surface area contributed by atoms with Gasteiger partial charge in [0.1, 0.15) is 6.54 Å². The molecule has 31 heavy (non-hydrogen) atoms. The number of hydrogen-bond acceptors (Lipinski definition) is 5. The van der Waals surface area contributed by atoms with E-state index < -0.39 is 36.3 Å². The van der Waals surface area contributed by atoms with Crippen LogP contribution in [0.25, 0.3) is 0 Å². The van der Waals surface area contributed by atoms with Crippen molar-refractivity contribution in [2.75, 3.05) is 6.54 Å². The number of rotatable bonds is 7. The van der Waals surface area contributed by atoms with E-state index in [-0.39, 0.29) is 6.54 Å². The summed E-state index contributed by atoms with van der Waals surface area (Å²) >= 11 is 1.49. The lowest BCUT2D eigenvalue weighted by Gasteiger charge is -2.20. The van der Waals surface area contributed by atoms with Crippen LogP contribution in [0.2, 0.25) is 0 Å². The Labute approximate surface area is 182 Å². The molecule has 0 aliphatic carbocycles. The summed E-state index contributed by atoms with van der Waals surface area (Å²) in [5.41, 5.74) is 1.59. The second kappa shape index (κ2) is 8.93. The lowest BCUT2D eigenvalue weighted by molar-refractivity contribution is -0.144. The minimum absolute atomic E-state index is 0.0236. The Morgan fingerprint density at radius 1 is 0.839 bits per heavy atom. The van der Waals surface area contributed by atoms with E-state index in [0.29, 0.717) is 10.5 Å². The van der Waals surface area contributed by atoms with E-state index in [1.807, 2.05) is 53.9 Å². The summed E-state index contributed by atoms with van der Waals surface area (Å²) in [6.45, 7) is -0.548. The van der Waals surface area contributed by atoms with Gasteiger partial charge in [0.05, 0.1) is 12.6 Å². The van der Waals surface area contributed by atoms with Crippen LogP contribution in [0.1, 0.15) is 22.0 Å². The highest BCUT2D eigenvalue weighted by atomic mass is 32.1. The predicted octanol–water partition coefficient (Wildman–Crippen LogP) is 2.94. The van der Waals surface area contributed by atoms with Gasteiger partial charge in [0.2, 0.25) is 5.91 Å². The molecule has 4 rings (SSSR count). The van der Waals surface area contributed by atoms with Crippen molar-refractivity contribution >= 4 is 35.1 Å². The molecule has 2 aromatic carbocycles. The molecular weight excluding hydrogens is 414 g/mol. The average Bonchev–Trinajstić information content (AvgIpc) is 3.39. The van der Waals surface area contributed by atoms with Crippen molar-refractivity contribution < 1.29 is 19.2 Å². The number of nitrogens with zero attached hydrogens (tertiary/aromatic N) is 2. The Morgan fingerprint density at radius 3 is 2.13 bits per heavy atom. The zero-order valence-corrected chi connectivity index (χ0v) is 17.2. The monoisotopic (exact) mass is 433 g/mol. The smallest absolute Gasteiger partial charge is 0.335 e. The first-order valence-corrected chi connectivity index (χ1v) is 10.5. The fourth-order valence-electron chi connectivity index (χ4n) is 3.37. The number of nitrogens with one attached hydrogen (secondary N) is 1. The van der Waals surface area contributed by atoms with E-state index in [1.165, 1.54) is 11.3 Å². The van der Waals surface area contributed by atoms with Gasteiger partial charge in [-0.2, -0.15) is 0 Å². The van der Waals surface area contributed by atoms with Crippen LogP contribution in [0, 0.1) is 0 Å². The second-order valence-corrected chi connectivity index (χ2v) is 7.96. The Morgan fingerprint density at radius 2 is 1.48 bits per heavy atom. The predicted molar refractivity (Wildman–Crippen MR) is 115 cm³/mol. The summed E-state index contributed by atoms with van der Waals surface area (Å²) in [5, 5.41) is 4.79. The molecule has 1 saturated heterocycles. The van der Waals surface area contributed by atoms with Crippen LogP contribution in [-0.2, 0) is 20.9 Å². The van der Waals surface area contributed by atoms with Crippen molar-refractivity contribution in [2.24, 2.45) is 0 Å². The summed E-state index contributed by atoms with van der Waals surface area (Å²) < 4.78 is 0. The highest BCUT2D eigenvalue weighted by molar-refractivity contribution is 7.10. The topological polar surface area (TPSA) is 86.8 Å². The van der Waals surface area contributed by atoms with Crippen molar-refractivity contribution in [1.82, 2.24) is 15.1 Å². The van der Waals surface area contributed by atoms with Crippen LogP contribution >= 0.6 is 11.3 Å². The molecule has 7 nitrogen and oxygen atoms in total. The zero-order chi connectivity index (χ0) is 21.8. The van der Waals surface area contributed by atoms with E-state index in [0.717, 1.165) is 15.3 Å². The summed E-state index contributed by atoms with van der Waals surface area (Å²) in [4.78, 5) is 52.6. The highest BCUT2D eigenvalue weighted by Gasteiger charge is 2.45. The molecular formula is C23H19N3O4S. The third-order valence-corrected chi connectivity index (χ3v) is 5.82. The quantitative estimate of drug-likeness (QED) is 0.459. The van der Waals surface area contributed by atoms with Gasteiger partial charge in [-0.25, -0.2) is 9.69 Å². The van der Waals surface area contributed by atoms with Crippen molar-refractivity contribution in [1.29, 1.82) is 0 Å². The number of carbonyl (C=O) groups is 4. The standard InChI is InChI=1S/C23H19N3O4S/c27-19(24-20(18-12-7-13-31-18)17-10-5-2-6-11-17)15-26-22(29)21(28)25(23(26)30)14-16-8-3-1-4-9-16/h1-13,20H,14-15H2,(H,24,27)/t20-/m1/s1. The summed E-state index contributed by atoms with van der Waals surface area (Å²) in [5.74, 6) is -2.46. The second-order valence-electron chi connectivity index (χ2n) is 6.98. The number of amides is 5. The number of imide groups is 2. The van der Waals surface area contributed by atoms with Crippen LogP contribution in [0.3, 0.4) is 0 Å². The number of urea groups is 1. The maximum absolute atomic E-state index is 12.8. The van der Waals surface area contributed by atoms with Gasteiger partial charge in [-0.1, -0.05) is 66.7 Å². The van der Waals surface area contributed by atoms with E-state index in [2.05, 4.69) is 5.32 Å². The zero-order valence-electron chi connectivity index (χ0n) is 16.4. The Hall–Kier alpha value is -3.78. The molecule has 3 aromatic rings. The summed E-state index contributed by atoms with van der Waals surface area (Å²) in [7, 11) is 0. The van der Waals surface area contributed by atoms with Gasteiger partial charge in [0, 0.05) is 4.88 Å². The molecule has 1 aliphatic heterocycles. The van der Waals surface area contributed by atoms with Crippen LogP contribution in [0.5, 0.6) is 0 Å². The van der Waals surface area contributed by atoms with E-state index in [1.54, 1.807) is 24.3 Å². The van der Waals surface area contributed by atoms with E-state index in [9.17, 15) is 19.2 Å². The molecule has 0 radical (unpaired) electrons. The molecule has 0 spiro atoms. The van der Waals surface area contributed by atoms with Crippen molar-refractivity contribution in [2.45, 2.75) is 12.6 Å². The highest BCUT2D eigenvalue weighted by Crippen LogP contribution is 2.26. The first-order chi connectivity index (χ1) is 15.0. The molecule has 1 N–H and O–H groups in total. The van der Waals surface area contributed by atoms with Crippen LogP contribution in [0.4, 0.5) is 4.79 Å². The molecule has 1 fully saturated rings. The lowest BCUT2D eigenvalue weighted by Crippen LogP contribution is -2.42. The molecule has 0 unspecified atom stereocenters. The van der Waals surface area contributed by atoms with Crippen molar-refractivity contribution in [3.63, 3.8) is 0 Å². The Balaban J connectivity index is 1.48. The third-order valence-electron chi connectivity index (χ3n) is 4.89. The molecule has 1 atom stereocenters. The molecule has 156 valence electrons. The van der Waals surface area contributed by atoms with Gasteiger partial charge in [-0.05, 0) is 22.6 Å². The molecule has 0 bridgehead atoms. The van der Waals surface area contributed by atoms with Gasteiger partial charge in [0.25, 0.3) is 0 Å².